The van der Waals surface area contributed by atoms with E-state index in [1.807, 2.05) is 6.07 Å². The molecule has 4 aliphatic rings. The second-order valence-electron chi connectivity index (χ2n) is 12.7. The zero-order valence-corrected chi connectivity index (χ0v) is 23.5. The average Bonchev–Trinajstić information content (AvgIpc) is 3.30. The SMILES string of the molecule is CC1CC(NC(=O)[C@@H]2NC3(CCC(C)(C)CC3)[C@@]3(C(=O)Nc4cc(Cl)ccc43)[C@H]2c2cccc(Cl)c2F)C1. The predicted octanol–water partition coefficient (Wildman–Crippen LogP) is 6.33. The molecule has 6 rings (SSSR count). The molecule has 3 atom stereocenters. The Hall–Kier alpha value is -2.15. The minimum absolute atomic E-state index is 0.0231. The molecule has 38 heavy (non-hydrogen) atoms. The fourth-order valence-electron chi connectivity index (χ4n) is 7.73. The van der Waals surface area contributed by atoms with E-state index < -0.39 is 28.7 Å². The van der Waals surface area contributed by atoms with Crippen LogP contribution in [0.15, 0.2) is 36.4 Å². The molecule has 0 aromatic heterocycles. The summed E-state index contributed by atoms with van der Waals surface area (Å²) in [5.74, 6) is -1.24. The molecule has 0 unspecified atom stereocenters. The zero-order valence-electron chi connectivity index (χ0n) is 22.0. The van der Waals surface area contributed by atoms with Gasteiger partial charge in [-0.1, -0.05) is 62.2 Å². The Labute approximate surface area is 233 Å². The number of hydrogen-bond donors (Lipinski definition) is 3. The number of anilines is 1. The number of halogens is 3. The van der Waals surface area contributed by atoms with Crippen LogP contribution in [0, 0.1) is 17.2 Å². The van der Waals surface area contributed by atoms with Gasteiger partial charge in [-0.15, -0.1) is 0 Å². The van der Waals surface area contributed by atoms with E-state index in [9.17, 15) is 9.59 Å². The Morgan fingerprint density at radius 3 is 2.47 bits per heavy atom. The van der Waals surface area contributed by atoms with Crippen molar-refractivity contribution in [3.05, 3.63) is 63.4 Å². The summed E-state index contributed by atoms with van der Waals surface area (Å²) in [5.41, 5.74) is -0.201. The second kappa shape index (κ2) is 8.94. The molecule has 2 amide bonds. The van der Waals surface area contributed by atoms with E-state index in [1.165, 1.54) is 6.07 Å². The van der Waals surface area contributed by atoms with Crippen LogP contribution in [0.3, 0.4) is 0 Å². The van der Waals surface area contributed by atoms with E-state index in [4.69, 9.17) is 23.2 Å². The van der Waals surface area contributed by atoms with E-state index in [0.717, 1.165) is 31.2 Å². The summed E-state index contributed by atoms with van der Waals surface area (Å²) in [5, 5.41) is 10.5. The van der Waals surface area contributed by atoms with Crippen molar-refractivity contribution < 1.29 is 14.0 Å². The highest BCUT2D eigenvalue weighted by atomic mass is 35.5. The topological polar surface area (TPSA) is 70.2 Å². The lowest BCUT2D eigenvalue weighted by molar-refractivity contribution is -0.125. The predicted molar refractivity (Wildman–Crippen MR) is 148 cm³/mol. The van der Waals surface area contributed by atoms with Crippen LogP contribution in [-0.4, -0.2) is 29.4 Å². The van der Waals surface area contributed by atoms with Crippen LogP contribution in [0.2, 0.25) is 10.0 Å². The maximum atomic E-state index is 15.9. The van der Waals surface area contributed by atoms with Crippen molar-refractivity contribution in [2.75, 3.05) is 5.32 Å². The maximum absolute atomic E-state index is 15.9. The number of rotatable bonds is 3. The van der Waals surface area contributed by atoms with Crippen molar-refractivity contribution in [2.24, 2.45) is 11.3 Å². The van der Waals surface area contributed by atoms with Gasteiger partial charge in [0.15, 0.2) is 0 Å². The molecular formula is C30H34Cl2FN3O2. The smallest absolute Gasteiger partial charge is 0.238 e. The van der Waals surface area contributed by atoms with Crippen LogP contribution in [-0.2, 0) is 15.0 Å². The van der Waals surface area contributed by atoms with Crippen LogP contribution >= 0.6 is 23.2 Å². The third kappa shape index (κ3) is 3.74. The summed E-state index contributed by atoms with van der Waals surface area (Å²) in [6.07, 6.45) is 4.94. The lowest BCUT2D eigenvalue weighted by atomic mass is 9.53. The fraction of sp³-hybridized carbons (Fsp3) is 0.533. The molecule has 2 saturated carbocycles. The number of amides is 2. The lowest BCUT2D eigenvalue weighted by Crippen LogP contribution is -2.61. The summed E-state index contributed by atoms with van der Waals surface area (Å²) >= 11 is 12.6. The van der Waals surface area contributed by atoms with Crippen LogP contribution in [0.5, 0.6) is 0 Å². The van der Waals surface area contributed by atoms with Crippen molar-refractivity contribution in [1.29, 1.82) is 0 Å². The van der Waals surface area contributed by atoms with Gasteiger partial charge in [-0.2, -0.15) is 0 Å². The molecule has 2 spiro atoms. The van der Waals surface area contributed by atoms with Gasteiger partial charge in [0.1, 0.15) is 11.2 Å². The third-order valence-corrected chi connectivity index (χ3v) is 10.3. The van der Waals surface area contributed by atoms with Crippen molar-refractivity contribution in [1.82, 2.24) is 10.6 Å². The molecule has 8 heteroatoms. The molecule has 2 aromatic rings. The maximum Gasteiger partial charge on any atom is 0.238 e. The molecular weight excluding hydrogens is 524 g/mol. The Morgan fingerprint density at radius 1 is 1.08 bits per heavy atom. The van der Waals surface area contributed by atoms with Crippen molar-refractivity contribution in [3.8, 4) is 0 Å². The third-order valence-electron chi connectivity index (χ3n) is 9.78. The number of carbonyl (C=O) groups excluding carboxylic acids is 2. The van der Waals surface area contributed by atoms with Gasteiger partial charge in [-0.05, 0) is 79.2 Å². The van der Waals surface area contributed by atoms with Crippen LogP contribution in [0.25, 0.3) is 0 Å². The van der Waals surface area contributed by atoms with Crippen LogP contribution in [0.4, 0.5) is 10.1 Å². The highest BCUT2D eigenvalue weighted by Gasteiger charge is 2.73. The molecule has 3 N–H and O–H groups in total. The first-order valence-electron chi connectivity index (χ1n) is 13.6. The summed E-state index contributed by atoms with van der Waals surface area (Å²) in [6, 6.07) is 9.55. The number of benzene rings is 2. The Bertz CT molecular complexity index is 1310. The van der Waals surface area contributed by atoms with E-state index >= 15 is 4.39 Å². The Morgan fingerprint density at radius 2 is 1.79 bits per heavy atom. The molecule has 2 aliphatic carbocycles. The van der Waals surface area contributed by atoms with Crippen molar-refractivity contribution >= 4 is 40.7 Å². The summed E-state index contributed by atoms with van der Waals surface area (Å²) in [6.45, 7) is 6.64. The Kier molecular flexibility index (Phi) is 6.14. The second-order valence-corrected chi connectivity index (χ2v) is 13.6. The lowest BCUT2D eigenvalue weighted by Gasteiger charge is -2.50. The van der Waals surface area contributed by atoms with Gasteiger partial charge < -0.3 is 10.6 Å². The molecule has 2 aromatic carbocycles. The summed E-state index contributed by atoms with van der Waals surface area (Å²) in [4.78, 5) is 28.4. The number of carbonyl (C=O) groups is 2. The fourth-order valence-corrected chi connectivity index (χ4v) is 8.08. The van der Waals surface area contributed by atoms with E-state index in [2.05, 4.69) is 36.7 Å². The van der Waals surface area contributed by atoms with Gasteiger partial charge in [0.05, 0.1) is 11.1 Å². The van der Waals surface area contributed by atoms with Gasteiger partial charge in [0.25, 0.3) is 0 Å². The highest BCUT2D eigenvalue weighted by Crippen LogP contribution is 2.64. The molecule has 202 valence electrons. The first-order valence-corrected chi connectivity index (χ1v) is 14.4. The molecule has 0 bridgehead atoms. The first kappa shape index (κ1) is 26.1. The zero-order chi connectivity index (χ0) is 27.0. The van der Waals surface area contributed by atoms with Gasteiger partial charge >= 0.3 is 0 Å². The van der Waals surface area contributed by atoms with Crippen molar-refractivity contribution in [3.63, 3.8) is 0 Å². The van der Waals surface area contributed by atoms with Gasteiger partial charge in [0.2, 0.25) is 11.8 Å². The summed E-state index contributed by atoms with van der Waals surface area (Å²) in [7, 11) is 0. The molecule has 0 radical (unpaired) electrons. The molecule has 3 fully saturated rings. The minimum Gasteiger partial charge on any atom is -0.352 e. The van der Waals surface area contributed by atoms with Gasteiger partial charge in [-0.3, -0.25) is 14.9 Å². The number of hydrogen-bond acceptors (Lipinski definition) is 3. The van der Waals surface area contributed by atoms with E-state index in [1.54, 1.807) is 24.3 Å². The van der Waals surface area contributed by atoms with Crippen LogP contribution < -0.4 is 16.0 Å². The van der Waals surface area contributed by atoms with Gasteiger partial charge in [0, 0.05) is 28.2 Å². The Balaban J connectivity index is 1.57. The standard InChI is InChI=1S/C30H34Cl2FN3O2/c1-16-13-18(14-16)34-26(37)25-23(19-5-4-6-21(32)24(19)33)30(29(36-25)11-9-28(2,3)10-12-29)20-8-7-17(31)15-22(20)35-27(30)38/h4-8,15-16,18,23,25,36H,9-14H2,1-3H3,(H,34,37)(H,35,38)/t16?,18?,23-,25+,30+/m0/s1. The first-order chi connectivity index (χ1) is 18.0. The molecule has 1 saturated heterocycles. The largest absolute Gasteiger partial charge is 0.352 e. The van der Waals surface area contributed by atoms with Crippen molar-refractivity contribution in [2.45, 2.75) is 88.3 Å². The monoisotopic (exact) mass is 557 g/mol. The number of fused-ring (bicyclic) bond motifs is 3. The average molecular weight is 559 g/mol. The molecule has 2 heterocycles. The quantitative estimate of drug-likeness (QED) is 0.412. The van der Waals surface area contributed by atoms with E-state index in [-0.39, 0.29) is 33.9 Å². The van der Waals surface area contributed by atoms with Crippen LogP contribution in [0.1, 0.15) is 76.3 Å². The molecule has 5 nitrogen and oxygen atoms in total. The summed E-state index contributed by atoms with van der Waals surface area (Å²) < 4.78 is 15.9. The molecule has 2 aliphatic heterocycles. The van der Waals surface area contributed by atoms with Gasteiger partial charge in [-0.25, -0.2) is 4.39 Å². The highest BCUT2D eigenvalue weighted by molar-refractivity contribution is 6.31. The number of nitrogens with one attached hydrogen (secondary N) is 3. The minimum atomic E-state index is -1.22. The normalized spacial score (nSPS) is 32.6. The van der Waals surface area contributed by atoms with E-state index in [0.29, 0.717) is 29.5 Å².